The van der Waals surface area contributed by atoms with Gasteiger partial charge < -0.3 is 19.2 Å². The Morgan fingerprint density at radius 2 is 2.04 bits per heavy atom. The van der Waals surface area contributed by atoms with Gasteiger partial charge in [0.05, 0.1) is 18.1 Å². The first kappa shape index (κ1) is 19.9. The van der Waals surface area contributed by atoms with Gasteiger partial charge in [0.25, 0.3) is 5.91 Å². The van der Waals surface area contributed by atoms with E-state index in [9.17, 15) is 9.59 Å². The molecule has 2 saturated heterocycles. The quantitative estimate of drug-likeness (QED) is 0.398. The van der Waals surface area contributed by atoms with Crippen molar-refractivity contribution in [2.24, 2.45) is 0 Å². The van der Waals surface area contributed by atoms with Gasteiger partial charge in [0.1, 0.15) is 10.1 Å². The van der Waals surface area contributed by atoms with Crippen molar-refractivity contribution in [3.05, 3.63) is 22.8 Å². The summed E-state index contributed by atoms with van der Waals surface area (Å²) in [6, 6.07) is 3.75. The van der Waals surface area contributed by atoms with Crippen LogP contribution in [-0.2, 0) is 14.3 Å². The summed E-state index contributed by atoms with van der Waals surface area (Å²) >= 11 is 6.59. The van der Waals surface area contributed by atoms with Crippen molar-refractivity contribution in [1.29, 1.82) is 0 Å². The molecule has 0 atom stereocenters. The number of carboxylic acid groups (broad SMARTS) is 1. The first-order valence-electron chi connectivity index (χ1n) is 8.94. The van der Waals surface area contributed by atoms with Crippen LogP contribution in [0.5, 0.6) is 0 Å². The second kappa shape index (κ2) is 9.38. The summed E-state index contributed by atoms with van der Waals surface area (Å²) < 4.78 is 11.7. The van der Waals surface area contributed by atoms with Crippen LogP contribution >= 0.6 is 24.0 Å². The number of carboxylic acids is 1. The molecule has 7 nitrogen and oxygen atoms in total. The van der Waals surface area contributed by atoms with Crippen LogP contribution in [0.25, 0.3) is 6.08 Å². The Morgan fingerprint density at radius 1 is 1.26 bits per heavy atom. The third-order valence-electron chi connectivity index (χ3n) is 4.35. The fourth-order valence-corrected chi connectivity index (χ4v) is 4.21. The maximum absolute atomic E-state index is 12.6. The number of carbonyl (C=O) groups excluding carboxylic acids is 1. The number of morpholine rings is 1. The average Bonchev–Trinajstić information content (AvgIpc) is 3.22. The molecule has 1 N–H and O–H groups in total. The minimum Gasteiger partial charge on any atom is -0.481 e. The van der Waals surface area contributed by atoms with Crippen molar-refractivity contribution in [2.45, 2.75) is 25.7 Å². The number of amides is 1. The maximum atomic E-state index is 12.6. The molecule has 0 bridgehead atoms. The van der Waals surface area contributed by atoms with Gasteiger partial charge in [-0.15, -0.1) is 0 Å². The molecular formula is C18H22N2O5S2. The molecule has 1 aromatic heterocycles. The molecule has 146 valence electrons. The molecule has 1 aromatic rings. The van der Waals surface area contributed by atoms with E-state index in [2.05, 4.69) is 4.90 Å². The third kappa shape index (κ3) is 5.33. The number of hydrogen-bond donors (Lipinski definition) is 1. The number of unbranched alkanes of at least 4 members (excludes halogenated alkanes) is 2. The number of anilines is 1. The first-order chi connectivity index (χ1) is 13.0. The zero-order valence-electron chi connectivity index (χ0n) is 14.9. The van der Waals surface area contributed by atoms with Gasteiger partial charge in [-0.1, -0.05) is 30.4 Å². The summed E-state index contributed by atoms with van der Waals surface area (Å²) in [5.41, 5.74) is 0. The van der Waals surface area contributed by atoms with Gasteiger partial charge in [0, 0.05) is 38.2 Å². The maximum Gasteiger partial charge on any atom is 0.303 e. The predicted octanol–water partition coefficient (Wildman–Crippen LogP) is 2.96. The fraction of sp³-hybridized carbons (Fsp3) is 0.500. The van der Waals surface area contributed by atoms with Crippen molar-refractivity contribution in [3.63, 3.8) is 0 Å². The lowest BCUT2D eigenvalue weighted by Crippen LogP contribution is -2.35. The molecule has 9 heteroatoms. The van der Waals surface area contributed by atoms with E-state index in [-0.39, 0.29) is 12.3 Å². The summed E-state index contributed by atoms with van der Waals surface area (Å²) in [6.45, 7) is 3.45. The fourth-order valence-electron chi connectivity index (χ4n) is 2.92. The highest BCUT2D eigenvalue weighted by atomic mass is 32.2. The monoisotopic (exact) mass is 410 g/mol. The zero-order chi connectivity index (χ0) is 19.2. The Balaban J connectivity index is 1.56. The summed E-state index contributed by atoms with van der Waals surface area (Å²) in [5, 5.41) is 8.65. The van der Waals surface area contributed by atoms with Crippen LogP contribution in [0.4, 0.5) is 5.88 Å². The molecule has 0 unspecified atom stereocenters. The van der Waals surface area contributed by atoms with E-state index in [0.29, 0.717) is 41.2 Å². The molecule has 0 radical (unpaired) electrons. The molecule has 0 spiro atoms. The second-order valence-corrected chi connectivity index (χ2v) is 7.99. The van der Waals surface area contributed by atoms with E-state index in [4.69, 9.17) is 26.5 Å². The van der Waals surface area contributed by atoms with Crippen LogP contribution in [0.15, 0.2) is 21.5 Å². The lowest BCUT2D eigenvalue weighted by Gasteiger charge is -2.26. The number of nitrogens with zero attached hydrogens (tertiary/aromatic N) is 2. The number of thiocarbonyl (C=S) groups is 1. The van der Waals surface area contributed by atoms with E-state index >= 15 is 0 Å². The Kier molecular flexibility index (Phi) is 6.92. The number of carbonyl (C=O) groups is 2. The molecule has 27 heavy (non-hydrogen) atoms. The molecule has 0 aromatic carbocycles. The number of hydrogen-bond acceptors (Lipinski definition) is 7. The van der Waals surface area contributed by atoms with E-state index in [1.165, 1.54) is 11.8 Å². The van der Waals surface area contributed by atoms with Crippen LogP contribution in [0, 0.1) is 0 Å². The largest absolute Gasteiger partial charge is 0.481 e. The number of rotatable bonds is 8. The van der Waals surface area contributed by atoms with E-state index < -0.39 is 5.97 Å². The molecule has 3 rings (SSSR count). The highest BCUT2D eigenvalue weighted by molar-refractivity contribution is 8.26. The summed E-state index contributed by atoms with van der Waals surface area (Å²) in [6.07, 6.45) is 3.98. The zero-order valence-corrected chi connectivity index (χ0v) is 16.5. The van der Waals surface area contributed by atoms with Gasteiger partial charge in [-0.2, -0.15) is 0 Å². The normalized spacial score (nSPS) is 19.3. The van der Waals surface area contributed by atoms with Gasteiger partial charge in [0.15, 0.2) is 5.88 Å². The summed E-state index contributed by atoms with van der Waals surface area (Å²) in [7, 11) is 0. The SMILES string of the molecule is O=C(O)CCCCCN1C(=O)C(=Cc2ccc(N3CCOCC3)o2)SC1=S. The highest BCUT2D eigenvalue weighted by Gasteiger charge is 2.31. The first-order valence-corrected chi connectivity index (χ1v) is 10.2. The van der Waals surface area contributed by atoms with Crippen LogP contribution in [0.2, 0.25) is 0 Å². The lowest BCUT2D eigenvalue weighted by atomic mass is 10.2. The minimum absolute atomic E-state index is 0.118. The molecule has 2 aliphatic heterocycles. The van der Waals surface area contributed by atoms with Crippen LogP contribution in [0.3, 0.4) is 0 Å². The van der Waals surface area contributed by atoms with Crippen molar-refractivity contribution in [2.75, 3.05) is 37.7 Å². The van der Waals surface area contributed by atoms with Crippen molar-refractivity contribution >= 4 is 52.1 Å². The minimum atomic E-state index is -0.793. The summed E-state index contributed by atoms with van der Waals surface area (Å²) in [5.74, 6) is 0.489. The van der Waals surface area contributed by atoms with Gasteiger partial charge in [-0.3, -0.25) is 14.5 Å². The predicted molar refractivity (Wildman–Crippen MR) is 108 cm³/mol. The molecule has 2 fully saturated rings. The molecular weight excluding hydrogens is 388 g/mol. The van der Waals surface area contributed by atoms with Gasteiger partial charge in [0.2, 0.25) is 0 Å². The summed E-state index contributed by atoms with van der Waals surface area (Å²) in [4.78, 5) is 27.4. The van der Waals surface area contributed by atoms with E-state index in [0.717, 1.165) is 31.8 Å². The van der Waals surface area contributed by atoms with Crippen LogP contribution in [0.1, 0.15) is 31.4 Å². The molecule has 0 aliphatic carbocycles. The molecule has 2 aliphatic rings. The van der Waals surface area contributed by atoms with Gasteiger partial charge in [-0.25, -0.2) is 0 Å². The van der Waals surface area contributed by atoms with E-state index in [1.807, 2.05) is 12.1 Å². The number of ether oxygens (including phenoxy) is 1. The average molecular weight is 411 g/mol. The second-order valence-electron chi connectivity index (χ2n) is 6.31. The molecule has 1 amide bonds. The Bertz CT molecular complexity index is 740. The topological polar surface area (TPSA) is 83.2 Å². The molecule has 3 heterocycles. The number of furan rings is 1. The smallest absolute Gasteiger partial charge is 0.303 e. The van der Waals surface area contributed by atoms with Crippen molar-refractivity contribution < 1.29 is 23.8 Å². The van der Waals surface area contributed by atoms with Gasteiger partial charge >= 0.3 is 5.97 Å². The van der Waals surface area contributed by atoms with E-state index in [1.54, 1.807) is 11.0 Å². The lowest BCUT2D eigenvalue weighted by molar-refractivity contribution is -0.137. The Hall–Kier alpha value is -1.84. The number of aliphatic carboxylic acids is 1. The molecule has 0 saturated carbocycles. The number of thioether (sulfide) groups is 1. The third-order valence-corrected chi connectivity index (χ3v) is 5.73. The van der Waals surface area contributed by atoms with Crippen molar-refractivity contribution in [3.8, 4) is 0 Å². The van der Waals surface area contributed by atoms with Gasteiger partial charge in [-0.05, 0) is 18.9 Å². The van der Waals surface area contributed by atoms with Crippen molar-refractivity contribution in [1.82, 2.24) is 4.90 Å². The highest BCUT2D eigenvalue weighted by Crippen LogP contribution is 2.33. The Morgan fingerprint density at radius 3 is 2.78 bits per heavy atom. The standard InChI is InChI=1S/C18H22N2O5S2/c21-16(22)4-2-1-3-7-20-17(23)14(27-18(20)26)12-13-5-6-15(25-13)19-8-10-24-11-9-19/h5-6,12H,1-4,7-11H2,(H,21,22). The Labute approximate surface area is 167 Å². The van der Waals surface area contributed by atoms with Crippen LogP contribution < -0.4 is 4.90 Å². The van der Waals surface area contributed by atoms with Crippen LogP contribution in [-0.4, -0.2) is 59.1 Å².